The molecule has 0 spiro atoms. The maximum absolute atomic E-state index is 11.8. The third-order valence-corrected chi connectivity index (χ3v) is 2.41. The highest BCUT2D eigenvalue weighted by Gasteiger charge is 2.03. The van der Waals surface area contributed by atoms with E-state index in [1.54, 1.807) is 20.3 Å². The maximum Gasteiger partial charge on any atom is 0.261 e. The molecule has 0 bridgehead atoms. The Hall–Kier alpha value is -1.40. The number of hydrogen-bond donors (Lipinski definition) is 1. The molecule has 0 heterocycles. The minimum absolute atomic E-state index is 0.255. The fourth-order valence-corrected chi connectivity index (χ4v) is 1.52. The summed E-state index contributed by atoms with van der Waals surface area (Å²) in [7, 11) is 3.17. The van der Waals surface area contributed by atoms with Crippen molar-refractivity contribution in [2.45, 2.75) is 13.0 Å². The third-order valence-electron chi connectivity index (χ3n) is 2.41. The van der Waals surface area contributed by atoms with Crippen LogP contribution in [0.2, 0.25) is 0 Å². The molecule has 1 aromatic rings. The number of hydrogen-bond acceptors (Lipinski definition) is 4. The Morgan fingerprint density at radius 3 is 2.26 bits per heavy atom. The number of methoxy groups -OCH3 is 2. The molecule has 0 unspecified atom stereocenters. The number of alkyl halides is 2. The van der Waals surface area contributed by atoms with E-state index in [0.717, 1.165) is 5.56 Å². The van der Waals surface area contributed by atoms with Crippen LogP contribution in [0.5, 0.6) is 11.5 Å². The van der Waals surface area contributed by atoms with Gasteiger partial charge in [0.1, 0.15) is 18.1 Å². The normalized spacial score (nSPS) is 10.8. The first-order chi connectivity index (χ1) is 9.15. The van der Waals surface area contributed by atoms with Gasteiger partial charge in [0.25, 0.3) is 6.43 Å². The SMILES string of the molecule is COc1cc(CNCCOCC(F)F)cc(OC)c1. The van der Waals surface area contributed by atoms with Crippen LogP contribution < -0.4 is 14.8 Å². The van der Waals surface area contributed by atoms with E-state index in [1.165, 1.54) is 0 Å². The second kappa shape index (κ2) is 8.66. The van der Waals surface area contributed by atoms with Gasteiger partial charge in [-0.25, -0.2) is 8.78 Å². The number of ether oxygens (including phenoxy) is 3. The van der Waals surface area contributed by atoms with Gasteiger partial charge in [-0.05, 0) is 17.7 Å². The van der Waals surface area contributed by atoms with Crippen LogP contribution in [-0.4, -0.2) is 40.4 Å². The lowest BCUT2D eigenvalue weighted by Gasteiger charge is -2.09. The minimum Gasteiger partial charge on any atom is -0.497 e. The topological polar surface area (TPSA) is 39.7 Å². The molecule has 0 aliphatic carbocycles. The van der Waals surface area contributed by atoms with Gasteiger partial charge in [0.15, 0.2) is 0 Å². The number of benzene rings is 1. The van der Waals surface area contributed by atoms with Gasteiger partial charge in [-0.3, -0.25) is 0 Å². The monoisotopic (exact) mass is 275 g/mol. The highest BCUT2D eigenvalue weighted by molar-refractivity contribution is 5.38. The molecule has 0 saturated carbocycles. The quantitative estimate of drug-likeness (QED) is 0.700. The lowest BCUT2D eigenvalue weighted by Crippen LogP contribution is -2.20. The Balaban J connectivity index is 2.32. The predicted molar refractivity (Wildman–Crippen MR) is 68.1 cm³/mol. The molecular formula is C13H19F2NO3. The third kappa shape index (κ3) is 6.35. The first-order valence-corrected chi connectivity index (χ1v) is 5.94. The predicted octanol–water partition coefficient (Wildman–Crippen LogP) is 2.08. The van der Waals surface area contributed by atoms with Crippen molar-refractivity contribution in [2.75, 3.05) is 34.0 Å². The Labute approximate surface area is 111 Å². The molecule has 4 nitrogen and oxygen atoms in total. The lowest BCUT2D eigenvalue weighted by atomic mass is 10.2. The van der Waals surface area contributed by atoms with Crippen LogP contribution in [-0.2, 0) is 11.3 Å². The molecule has 1 rings (SSSR count). The van der Waals surface area contributed by atoms with Crippen molar-refractivity contribution in [1.82, 2.24) is 5.32 Å². The fourth-order valence-electron chi connectivity index (χ4n) is 1.52. The fraction of sp³-hybridized carbons (Fsp3) is 0.538. The summed E-state index contributed by atoms with van der Waals surface area (Å²) in [4.78, 5) is 0. The van der Waals surface area contributed by atoms with Crippen LogP contribution in [0.15, 0.2) is 18.2 Å². The van der Waals surface area contributed by atoms with Crippen molar-refractivity contribution in [1.29, 1.82) is 0 Å². The van der Waals surface area contributed by atoms with E-state index in [0.29, 0.717) is 24.6 Å². The van der Waals surface area contributed by atoms with Gasteiger partial charge < -0.3 is 19.5 Å². The van der Waals surface area contributed by atoms with Gasteiger partial charge in [-0.2, -0.15) is 0 Å². The molecule has 0 atom stereocenters. The van der Waals surface area contributed by atoms with E-state index in [1.807, 2.05) is 12.1 Å². The van der Waals surface area contributed by atoms with Gasteiger partial charge in [0.2, 0.25) is 0 Å². The summed E-state index contributed by atoms with van der Waals surface area (Å²) in [6, 6.07) is 5.56. The molecule has 0 saturated heterocycles. The minimum atomic E-state index is -2.41. The summed E-state index contributed by atoms with van der Waals surface area (Å²) in [5, 5.41) is 3.10. The molecule has 108 valence electrons. The van der Waals surface area contributed by atoms with E-state index in [2.05, 4.69) is 5.32 Å². The van der Waals surface area contributed by atoms with Crippen molar-refractivity contribution >= 4 is 0 Å². The van der Waals surface area contributed by atoms with E-state index in [4.69, 9.17) is 14.2 Å². The number of halogens is 2. The van der Waals surface area contributed by atoms with Gasteiger partial charge >= 0.3 is 0 Å². The molecule has 1 N–H and O–H groups in total. The van der Waals surface area contributed by atoms with Crippen LogP contribution in [0.4, 0.5) is 8.78 Å². The Morgan fingerprint density at radius 1 is 1.11 bits per heavy atom. The van der Waals surface area contributed by atoms with Crippen LogP contribution in [0, 0.1) is 0 Å². The van der Waals surface area contributed by atoms with Crippen molar-refractivity contribution in [3.63, 3.8) is 0 Å². The molecule has 0 fully saturated rings. The van der Waals surface area contributed by atoms with Gasteiger partial charge in [0, 0.05) is 19.2 Å². The summed E-state index contributed by atoms with van der Waals surface area (Å²) in [6.07, 6.45) is -2.41. The Bertz CT molecular complexity index is 353. The van der Waals surface area contributed by atoms with Gasteiger partial charge in [0.05, 0.1) is 20.8 Å². The van der Waals surface area contributed by atoms with Crippen LogP contribution in [0.1, 0.15) is 5.56 Å². The van der Waals surface area contributed by atoms with Crippen LogP contribution in [0.3, 0.4) is 0 Å². The zero-order valence-electron chi connectivity index (χ0n) is 11.1. The molecule has 0 radical (unpaired) electrons. The number of nitrogens with one attached hydrogen (secondary N) is 1. The van der Waals surface area contributed by atoms with Crippen molar-refractivity contribution in [3.05, 3.63) is 23.8 Å². The lowest BCUT2D eigenvalue weighted by molar-refractivity contribution is 0.0187. The summed E-state index contributed by atoms with van der Waals surface area (Å²) in [5.74, 6) is 1.43. The molecule has 0 amide bonds. The van der Waals surface area contributed by atoms with E-state index < -0.39 is 13.0 Å². The standard InChI is InChI=1S/C13H19F2NO3/c1-17-11-5-10(6-12(7-11)18-2)8-16-3-4-19-9-13(14)15/h5-7,13,16H,3-4,8-9H2,1-2H3. The summed E-state index contributed by atoms with van der Waals surface area (Å²) >= 11 is 0. The van der Waals surface area contributed by atoms with Crippen molar-refractivity contribution < 1.29 is 23.0 Å². The zero-order chi connectivity index (χ0) is 14.1. The largest absolute Gasteiger partial charge is 0.497 e. The molecule has 1 aromatic carbocycles. The van der Waals surface area contributed by atoms with E-state index in [-0.39, 0.29) is 6.61 Å². The molecule has 0 aromatic heterocycles. The molecule has 6 heteroatoms. The first kappa shape index (κ1) is 15.7. The summed E-state index contributed by atoms with van der Waals surface area (Å²) < 4.78 is 38.7. The average Bonchev–Trinajstić information content (AvgIpc) is 2.41. The Kier molecular flexibility index (Phi) is 7.14. The summed E-state index contributed by atoms with van der Waals surface area (Å²) in [6.45, 7) is 0.831. The number of rotatable bonds is 9. The molecular weight excluding hydrogens is 256 g/mol. The zero-order valence-corrected chi connectivity index (χ0v) is 11.1. The second-order valence-corrected chi connectivity index (χ2v) is 3.86. The van der Waals surface area contributed by atoms with Gasteiger partial charge in [-0.15, -0.1) is 0 Å². The highest BCUT2D eigenvalue weighted by Crippen LogP contribution is 2.22. The van der Waals surface area contributed by atoms with Gasteiger partial charge in [-0.1, -0.05) is 0 Å². The molecule has 19 heavy (non-hydrogen) atoms. The molecule has 0 aliphatic heterocycles. The van der Waals surface area contributed by atoms with Crippen molar-refractivity contribution in [2.24, 2.45) is 0 Å². The first-order valence-electron chi connectivity index (χ1n) is 5.94. The Morgan fingerprint density at radius 2 is 1.74 bits per heavy atom. The summed E-state index contributed by atoms with van der Waals surface area (Å²) in [5.41, 5.74) is 0.991. The maximum atomic E-state index is 11.8. The van der Waals surface area contributed by atoms with Crippen molar-refractivity contribution in [3.8, 4) is 11.5 Å². The highest BCUT2D eigenvalue weighted by atomic mass is 19.3. The van der Waals surface area contributed by atoms with E-state index in [9.17, 15) is 8.78 Å². The second-order valence-electron chi connectivity index (χ2n) is 3.86. The smallest absolute Gasteiger partial charge is 0.261 e. The molecule has 0 aliphatic rings. The van der Waals surface area contributed by atoms with Crippen LogP contribution >= 0.6 is 0 Å². The van der Waals surface area contributed by atoms with Crippen LogP contribution in [0.25, 0.3) is 0 Å². The average molecular weight is 275 g/mol. The van der Waals surface area contributed by atoms with E-state index >= 15 is 0 Å².